The van der Waals surface area contributed by atoms with Crippen LogP contribution in [0.4, 0.5) is 4.39 Å². The molecule has 0 fully saturated rings. The largest absolute Gasteiger partial charge is 0.294 e. The van der Waals surface area contributed by atoms with E-state index in [0.29, 0.717) is 11.1 Å². The molecule has 0 saturated heterocycles. The van der Waals surface area contributed by atoms with Crippen LogP contribution < -0.4 is 0 Å². The summed E-state index contributed by atoms with van der Waals surface area (Å²) in [6, 6.07) is 16.7. The number of pyridine rings is 1. The first kappa shape index (κ1) is 16.3. The number of nitrogens with zero attached hydrogens (tertiary/aromatic N) is 3. The zero-order chi connectivity index (χ0) is 18.5. The maximum Gasteiger partial charge on any atom is 0.137 e. The monoisotopic (exact) mass is 343 g/mol. The van der Waals surface area contributed by atoms with Gasteiger partial charge in [0.15, 0.2) is 0 Å². The van der Waals surface area contributed by atoms with Gasteiger partial charge in [-0.05, 0) is 41.3 Å². The second kappa shape index (κ2) is 5.67. The van der Waals surface area contributed by atoms with Gasteiger partial charge in [-0.15, -0.1) is 0 Å². The zero-order valence-corrected chi connectivity index (χ0v) is 14.9. The van der Waals surface area contributed by atoms with Crippen LogP contribution in [0.5, 0.6) is 0 Å². The number of aromatic nitrogens is 2. The number of para-hydroxylation sites is 1. The number of hydrogen-bond donors (Lipinski definition) is 0. The molecule has 0 spiro atoms. The van der Waals surface area contributed by atoms with E-state index in [-0.39, 0.29) is 5.41 Å². The van der Waals surface area contributed by atoms with E-state index in [1.165, 1.54) is 12.1 Å². The number of halogens is 1. The molecule has 0 aliphatic rings. The molecule has 0 aliphatic carbocycles. The summed E-state index contributed by atoms with van der Waals surface area (Å²) in [5, 5.41) is 11.2. The van der Waals surface area contributed by atoms with E-state index < -0.39 is 5.82 Å². The van der Waals surface area contributed by atoms with E-state index in [9.17, 15) is 9.65 Å². The van der Waals surface area contributed by atoms with Crippen LogP contribution >= 0.6 is 0 Å². The lowest BCUT2D eigenvalue weighted by molar-refractivity contribution is 0.588. The molecule has 2 aromatic heterocycles. The first-order valence-corrected chi connectivity index (χ1v) is 8.50. The second-order valence-corrected chi connectivity index (χ2v) is 7.46. The molecular weight excluding hydrogens is 325 g/mol. The lowest BCUT2D eigenvalue weighted by atomic mass is 9.88. The van der Waals surface area contributed by atoms with Gasteiger partial charge in [0.05, 0.1) is 22.7 Å². The molecule has 0 radical (unpaired) electrons. The first-order chi connectivity index (χ1) is 12.4. The molecule has 2 aromatic carbocycles. The van der Waals surface area contributed by atoms with Crippen molar-refractivity contribution in [1.29, 1.82) is 5.26 Å². The lowest BCUT2D eigenvalue weighted by Gasteiger charge is -2.20. The molecule has 4 heteroatoms. The highest BCUT2D eigenvalue weighted by molar-refractivity contribution is 6.11. The minimum absolute atomic E-state index is 0.0283. The van der Waals surface area contributed by atoms with Crippen molar-refractivity contribution >= 4 is 21.8 Å². The molecule has 0 N–H and O–H groups in total. The average molecular weight is 343 g/mol. The maximum absolute atomic E-state index is 14.2. The molecule has 0 bridgehead atoms. The molecule has 0 amide bonds. The number of hydrogen-bond acceptors (Lipinski definition) is 2. The van der Waals surface area contributed by atoms with Gasteiger partial charge in [0.1, 0.15) is 11.6 Å². The van der Waals surface area contributed by atoms with Crippen molar-refractivity contribution < 1.29 is 4.39 Å². The highest BCUT2D eigenvalue weighted by atomic mass is 19.1. The smallest absolute Gasteiger partial charge is 0.137 e. The van der Waals surface area contributed by atoms with E-state index in [1.807, 2.05) is 41.0 Å². The Morgan fingerprint density at radius 3 is 2.54 bits per heavy atom. The van der Waals surface area contributed by atoms with Gasteiger partial charge in [-0.25, -0.2) is 9.37 Å². The van der Waals surface area contributed by atoms with E-state index in [0.717, 1.165) is 27.7 Å². The highest BCUT2D eigenvalue weighted by Crippen LogP contribution is 2.35. The van der Waals surface area contributed by atoms with Crippen LogP contribution in [-0.2, 0) is 5.41 Å². The summed E-state index contributed by atoms with van der Waals surface area (Å²) >= 11 is 0. The molecule has 128 valence electrons. The third-order valence-electron chi connectivity index (χ3n) is 4.70. The fourth-order valence-corrected chi connectivity index (χ4v) is 3.40. The Bertz CT molecular complexity index is 1190. The minimum atomic E-state index is -0.426. The van der Waals surface area contributed by atoms with Crippen LogP contribution in [0.1, 0.15) is 31.9 Å². The summed E-state index contributed by atoms with van der Waals surface area (Å²) in [6.07, 6.45) is 1.78. The fourth-order valence-electron chi connectivity index (χ4n) is 3.40. The predicted molar refractivity (Wildman–Crippen MR) is 102 cm³/mol. The van der Waals surface area contributed by atoms with E-state index >= 15 is 0 Å². The van der Waals surface area contributed by atoms with E-state index in [1.54, 1.807) is 6.20 Å². The number of fused-ring (bicyclic) bond motifs is 3. The summed E-state index contributed by atoms with van der Waals surface area (Å²) in [5.41, 5.74) is 3.01. The molecule has 26 heavy (non-hydrogen) atoms. The standard InChI is InChI=1S/C22H18FN3/c1-22(2,3)15-8-9-25-20(11-15)26-18-7-5-4-6-17(18)21-14(13-24)10-16(23)12-19(21)26/h4-12H,1-3H3. The summed E-state index contributed by atoms with van der Waals surface area (Å²) in [5.74, 6) is 0.295. The Morgan fingerprint density at radius 2 is 1.81 bits per heavy atom. The lowest BCUT2D eigenvalue weighted by Crippen LogP contribution is -2.12. The zero-order valence-electron chi connectivity index (χ0n) is 14.9. The SMILES string of the molecule is CC(C)(C)c1ccnc(-n2c3ccccc3c3c(C#N)cc(F)cc32)c1. The van der Waals surface area contributed by atoms with E-state index in [4.69, 9.17) is 0 Å². The van der Waals surface area contributed by atoms with Gasteiger partial charge in [-0.2, -0.15) is 5.26 Å². The van der Waals surface area contributed by atoms with Gasteiger partial charge in [0, 0.05) is 17.0 Å². The van der Waals surface area contributed by atoms with Gasteiger partial charge in [-0.3, -0.25) is 4.57 Å². The molecule has 3 nitrogen and oxygen atoms in total. The van der Waals surface area contributed by atoms with Crippen molar-refractivity contribution in [3.63, 3.8) is 0 Å². The summed E-state index contributed by atoms with van der Waals surface area (Å²) in [7, 11) is 0. The molecule has 2 heterocycles. The van der Waals surface area contributed by atoms with Gasteiger partial charge < -0.3 is 0 Å². The second-order valence-electron chi connectivity index (χ2n) is 7.46. The third-order valence-corrected chi connectivity index (χ3v) is 4.70. The molecule has 4 rings (SSSR count). The van der Waals surface area contributed by atoms with Gasteiger partial charge in [-0.1, -0.05) is 39.0 Å². The van der Waals surface area contributed by atoms with Crippen molar-refractivity contribution in [3.8, 4) is 11.9 Å². The van der Waals surface area contributed by atoms with Crippen molar-refractivity contribution in [2.45, 2.75) is 26.2 Å². The molecule has 0 atom stereocenters. The molecule has 0 aliphatic heterocycles. The van der Waals surface area contributed by atoms with Crippen LogP contribution in [0.2, 0.25) is 0 Å². The Morgan fingerprint density at radius 1 is 1.04 bits per heavy atom. The predicted octanol–water partition coefficient (Wildman–Crippen LogP) is 5.49. The van der Waals surface area contributed by atoms with Crippen LogP contribution in [0.3, 0.4) is 0 Å². The van der Waals surface area contributed by atoms with Crippen molar-refractivity contribution in [3.05, 3.63) is 71.7 Å². The summed E-state index contributed by atoms with van der Waals surface area (Å²) in [6.45, 7) is 6.43. The Kier molecular flexibility index (Phi) is 3.55. The highest BCUT2D eigenvalue weighted by Gasteiger charge is 2.19. The summed E-state index contributed by atoms with van der Waals surface area (Å²) < 4.78 is 16.1. The van der Waals surface area contributed by atoms with E-state index in [2.05, 4.69) is 31.8 Å². The molecule has 4 aromatic rings. The average Bonchev–Trinajstić information content (AvgIpc) is 2.94. The first-order valence-electron chi connectivity index (χ1n) is 8.50. The minimum Gasteiger partial charge on any atom is -0.294 e. The third kappa shape index (κ3) is 2.44. The number of nitriles is 1. The Labute approximate surface area is 151 Å². The topological polar surface area (TPSA) is 41.6 Å². The number of rotatable bonds is 1. The Hall–Kier alpha value is -3.19. The molecule has 0 saturated carbocycles. The quantitative estimate of drug-likeness (QED) is 0.459. The van der Waals surface area contributed by atoms with Crippen molar-refractivity contribution in [1.82, 2.24) is 9.55 Å². The Balaban J connectivity index is 2.16. The van der Waals surface area contributed by atoms with Crippen LogP contribution in [0.25, 0.3) is 27.6 Å². The van der Waals surface area contributed by atoms with Crippen LogP contribution in [0, 0.1) is 17.1 Å². The van der Waals surface area contributed by atoms with Gasteiger partial charge in [0.2, 0.25) is 0 Å². The van der Waals surface area contributed by atoms with Crippen molar-refractivity contribution in [2.75, 3.05) is 0 Å². The van der Waals surface area contributed by atoms with Gasteiger partial charge >= 0.3 is 0 Å². The molecule has 0 unspecified atom stereocenters. The normalized spacial score (nSPS) is 11.8. The van der Waals surface area contributed by atoms with Gasteiger partial charge in [0.25, 0.3) is 0 Å². The maximum atomic E-state index is 14.2. The van der Waals surface area contributed by atoms with Crippen molar-refractivity contribution in [2.24, 2.45) is 0 Å². The van der Waals surface area contributed by atoms with Crippen LogP contribution in [0.15, 0.2) is 54.7 Å². The summed E-state index contributed by atoms with van der Waals surface area (Å²) in [4.78, 5) is 4.54. The van der Waals surface area contributed by atoms with Crippen LogP contribution in [-0.4, -0.2) is 9.55 Å². The number of benzene rings is 2. The fraction of sp³-hybridized carbons (Fsp3) is 0.182. The molecular formula is C22H18FN3.